The Morgan fingerprint density at radius 3 is 1.38 bits per heavy atom. The predicted molar refractivity (Wildman–Crippen MR) is 315 cm³/mol. The smallest absolute Gasteiger partial charge is 0.0541 e. The zero-order valence-corrected chi connectivity index (χ0v) is 42.2. The fourth-order valence-electron chi connectivity index (χ4n) is 11.9. The SMILES string of the molecule is CC.c1ccc(S2(c3ccccc3)c3cc(-c4cccc5c4sc4ccccc45)ccc3-c3ccc(-n4c5ccc(-c6cccc7ccccc67)cc5c5cc(-c6cccc7ccccc67)ccc54)cc32)cc1. The lowest BCUT2D eigenvalue weighted by Gasteiger charge is -2.39. The van der Waals surface area contributed by atoms with Crippen molar-refractivity contribution >= 4 is 84.9 Å². The molecule has 0 bridgehead atoms. The number of nitrogens with zero attached hydrogens (tertiary/aromatic N) is 1. The van der Waals surface area contributed by atoms with E-state index in [4.69, 9.17) is 0 Å². The van der Waals surface area contributed by atoms with E-state index in [-0.39, 0.29) is 0 Å². The van der Waals surface area contributed by atoms with Crippen molar-refractivity contribution < 1.29 is 0 Å². The summed E-state index contributed by atoms with van der Waals surface area (Å²) < 4.78 is 5.19. The van der Waals surface area contributed by atoms with Crippen LogP contribution in [0, 0.1) is 0 Å². The molecular weight excluding hydrogens is 919 g/mol. The minimum Gasteiger partial charge on any atom is -0.309 e. The monoisotopic (exact) mass is 967 g/mol. The van der Waals surface area contributed by atoms with Gasteiger partial charge in [0, 0.05) is 56.2 Å². The van der Waals surface area contributed by atoms with Crippen LogP contribution < -0.4 is 0 Å². The van der Waals surface area contributed by atoms with Gasteiger partial charge in [-0.1, -0.05) is 202 Å². The number of aromatic nitrogens is 1. The number of hydrogen-bond donors (Lipinski definition) is 0. The van der Waals surface area contributed by atoms with Crippen molar-refractivity contribution in [3.05, 3.63) is 261 Å². The first-order valence-electron chi connectivity index (χ1n) is 25.4. The quantitative estimate of drug-likeness (QED) is 0.156. The first-order valence-corrected chi connectivity index (χ1v) is 27.8. The molecule has 0 aliphatic carbocycles. The van der Waals surface area contributed by atoms with Crippen LogP contribution in [0.25, 0.3) is 114 Å². The second-order valence-corrected chi connectivity index (χ2v) is 22.9. The molecule has 0 unspecified atom stereocenters. The van der Waals surface area contributed by atoms with Crippen LogP contribution in [0.2, 0.25) is 0 Å². The van der Waals surface area contributed by atoms with Crippen molar-refractivity contribution in [2.24, 2.45) is 0 Å². The van der Waals surface area contributed by atoms with Crippen LogP contribution in [0.5, 0.6) is 0 Å². The third kappa shape index (κ3) is 6.63. The van der Waals surface area contributed by atoms with Gasteiger partial charge in [0.2, 0.25) is 0 Å². The minimum atomic E-state index is -2.00. The Bertz CT molecular complexity index is 4280. The first-order chi connectivity index (χ1) is 36.2. The zero-order chi connectivity index (χ0) is 48.6. The average Bonchev–Trinajstić information content (AvgIpc) is 4.11. The van der Waals surface area contributed by atoms with Crippen LogP contribution in [-0.2, 0) is 0 Å². The summed E-state index contributed by atoms with van der Waals surface area (Å²) in [5.74, 6) is 0. The fraction of sp³-hybridized carbons (Fsp3) is 0.0286. The molecular formula is C70H49NS2. The topological polar surface area (TPSA) is 4.93 Å². The molecule has 1 nitrogen and oxygen atoms in total. The molecule has 0 saturated carbocycles. The lowest BCUT2D eigenvalue weighted by molar-refractivity contribution is 1.16. The standard InChI is InChI=1S/C68H43NS2.C2H6/c1-3-20-50(21-4-1)71(51-22-5-2-6-23-51)66-42-48(56-29-15-30-60-57-26-11-12-31-65(57)70-68(56)60)32-36-58(66)59-37-35-49(43-67(59)71)69-63-38-33-46(54-27-13-18-44-16-7-9-24-52(44)54)40-61(63)62-41-47(34-39-64(62)69)55-28-14-19-45-17-8-10-25-53(45)55;1-2/h1-43H;1-2H3. The number of benzene rings is 12. The van der Waals surface area contributed by atoms with E-state index in [9.17, 15) is 0 Å². The normalized spacial score (nSPS) is 13.1. The Morgan fingerprint density at radius 2 is 0.767 bits per heavy atom. The summed E-state index contributed by atoms with van der Waals surface area (Å²) in [6.07, 6.45) is 0. The Balaban J connectivity index is 0.00000244. The molecule has 0 spiro atoms. The van der Waals surface area contributed by atoms with E-state index in [0.717, 1.165) is 5.69 Å². The molecule has 1 aliphatic rings. The molecule has 0 N–H and O–H groups in total. The molecule has 1 aliphatic heterocycles. The molecule has 2 aromatic heterocycles. The van der Waals surface area contributed by atoms with E-state index >= 15 is 0 Å². The van der Waals surface area contributed by atoms with Gasteiger partial charge in [0.25, 0.3) is 0 Å². The van der Waals surface area contributed by atoms with Crippen LogP contribution in [0.1, 0.15) is 13.8 Å². The average molecular weight is 968 g/mol. The summed E-state index contributed by atoms with van der Waals surface area (Å²) in [5.41, 5.74) is 13.6. The van der Waals surface area contributed by atoms with Gasteiger partial charge in [-0.15, -0.1) is 21.4 Å². The number of thiophene rings is 1. The molecule has 0 atom stereocenters. The van der Waals surface area contributed by atoms with Gasteiger partial charge in [-0.2, -0.15) is 0 Å². The maximum Gasteiger partial charge on any atom is 0.0541 e. The van der Waals surface area contributed by atoms with E-state index in [1.165, 1.54) is 128 Å². The molecule has 12 aromatic carbocycles. The van der Waals surface area contributed by atoms with Crippen molar-refractivity contribution in [1.82, 2.24) is 4.57 Å². The first kappa shape index (κ1) is 43.3. The summed E-state index contributed by atoms with van der Waals surface area (Å²) in [4.78, 5) is 5.43. The summed E-state index contributed by atoms with van der Waals surface area (Å²) in [6.45, 7) is 4.00. The van der Waals surface area contributed by atoms with Crippen LogP contribution in [0.15, 0.2) is 280 Å². The van der Waals surface area contributed by atoms with Crippen molar-refractivity contribution in [1.29, 1.82) is 0 Å². The molecule has 0 fully saturated rings. The second-order valence-electron chi connectivity index (χ2n) is 18.8. The Kier molecular flexibility index (Phi) is 10.3. The summed E-state index contributed by atoms with van der Waals surface area (Å²) in [7, 11) is -2.00. The predicted octanol–water partition coefficient (Wildman–Crippen LogP) is 20.8. The van der Waals surface area contributed by atoms with Gasteiger partial charge in [0.1, 0.15) is 0 Å². The molecule has 3 heterocycles. The highest BCUT2D eigenvalue weighted by Gasteiger charge is 2.42. The van der Waals surface area contributed by atoms with E-state index in [1.54, 1.807) is 0 Å². The minimum absolute atomic E-state index is 1.16. The van der Waals surface area contributed by atoms with Gasteiger partial charge in [0.15, 0.2) is 0 Å². The lowest BCUT2D eigenvalue weighted by Crippen LogP contribution is -2.03. The molecule has 0 radical (unpaired) electrons. The highest BCUT2D eigenvalue weighted by molar-refractivity contribution is 8.34. The van der Waals surface area contributed by atoms with Crippen LogP contribution in [-0.4, -0.2) is 4.57 Å². The van der Waals surface area contributed by atoms with Gasteiger partial charge in [0.05, 0.1) is 11.0 Å². The Morgan fingerprint density at radius 1 is 0.315 bits per heavy atom. The maximum atomic E-state index is 2.55. The largest absolute Gasteiger partial charge is 0.309 e. The van der Waals surface area contributed by atoms with Gasteiger partial charge in [-0.3, -0.25) is 0 Å². The van der Waals surface area contributed by atoms with Gasteiger partial charge in [-0.25, -0.2) is 0 Å². The summed E-state index contributed by atoms with van der Waals surface area (Å²) in [6, 6.07) is 98.2. The van der Waals surface area contributed by atoms with Crippen molar-refractivity contribution in [2.75, 3.05) is 0 Å². The molecule has 73 heavy (non-hydrogen) atoms. The third-order valence-electron chi connectivity index (χ3n) is 15.0. The number of fused-ring (bicyclic) bond motifs is 11. The number of rotatable bonds is 6. The lowest BCUT2D eigenvalue weighted by atomic mass is 9.95. The van der Waals surface area contributed by atoms with Gasteiger partial charge in [-0.05, 0) is 139 Å². The third-order valence-corrected chi connectivity index (χ3v) is 20.2. The van der Waals surface area contributed by atoms with Crippen LogP contribution in [0.4, 0.5) is 0 Å². The van der Waals surface area contributed by atoms with Crippen molar-refractivity contribution in [3.63, 3.8) is 0 Å². The zero-order valence-electron chi connectivity index (χ0n) is 40.6. The molecule has 14 aromatic rings. The van der Waals surface area contributed by atoms with Crippen molar-refractivity contribution in [3.8, 4) is 50.2 Å². The Hall–Kier alpha value is -8.47. The van der Waals surface area contributed by atoms with E-state index in [2.05, 4.69) is 265 Å². The molecule has 0 amide bonds. The molecule has 346 valence electrons. The maximum absolute atomic E-state index is 2.55. The van der Waals surface area contributed by atoms with Crippen LogP contribution in [0.3, 0.4) is 0 Å². The van der Waals surface area contributed by atoms with Crippen molar-refractivity contribution in [2.45, 2.75) is 33.4 Å². The molecule has 15 rings (SSSR count). The number of hydrogen-bond acceptors (Lipinski definition) is 1. The second kappa shape index (κ2) is 17.4. The molecule has 0 saturated heterocycles. The van der Waals surface area contributed by atoms with Gasteiger partial charge >= 0.3 is 0 Å². The Labute approximate surface area is 431 Å². The highest BCUT2D eigenvalue weighted by Crippen LogP contribution is 2.80. The summed E-state index contributed by atoms with van der Waals surface area (Å²) >= 11 is 1.90. The molecule has 3 heteroatoms. The fourth-order valence-corrected chi connectivity index (χ4v) is 17.4. The van der Waals surface area contributed by atoms with E-state index in [1.807, 2.05) is 25.2 Å². The highest BCUT2D eigenvalue weighted by atomic mass is 32.3. The van der Waals surface area contributed by atoms with E-state index in [0.29, 0.717) is 0 Å². The van der Waals surface area contributed by atoms with Crippen LogP contribution >= 0.6 is 21.4 Å². The van der Waals surface area contributed by atoms with Gasteiger partial charge < -0.3 is 4.57 Å². The summed E-state index contributed by atoms with van der Waals surface area (Å²) in [5, 5.41) is 10.1. The van der Waals surface area contributed by atoms with E-state index < -0.39 is 10.0 Å².